The van der Waals surface area contributed by atoms with Gasteiger partial charge in [0.05, 0.1) is 11.1 Å². The molecule has 0 fully saturated rings. The molecule has 5 nitrogen and oxygen atoms in total. The second-order valence-corrected chi connectivity index (χ2v) is 4.26. The molecule has 98 valence electrons. The van der Waals surface area contributed by atoms with Crippen molar-refractivity contribution in [2.45, 2.75) is 0 Å². The summed E-state index contributed by atoms with van der Waals surface area (Å²) in [6.45, 7) is 0. The topological polar surface area (TPSA) is 72.5 Å². The molecule has 0 aromatic heterocycles. The number of hydrogen-bond donors (Lipinski definition) is 1. The van der Waals surface area contributed by atoms with Gasteiger partial charge < -0.3 is 10.1 Å². The number of esters is 2. The first kappa shape index (κ1) is 12.1. The van der Waals surface area contributed by atoms with Crippen molar-refractivity contribution in [2.75, 3.05) is 5.32 Å². The fraction of sp³-hybridized carbons (Fsp3) is 0. The van der Waals surface area contributed by atoms with Gasteiger partial charge in [-0.15, -0.1) is 0 Å². The summed E-state index contributed by atoms with van der Waals surface area (Å²) in [5.41, 5.74) is 1.25. The predicted molar refractivity (Wildman–Crippen MR) is 70.6 cm³/mol. The Morgan fingerprint density at radius 3 is 2.35 bits per heavy atom. The molecule has 1 N–H and O–H groups in total. The molecular weight excluding hydrogens is 258 g/mol. The maximum atomic E-state index is 12.1. The largest absolute Gasteiger partial charge is 0.386 e. The first-order valence-electron chi connectivity index (χ1n) is 5.92. The normalized spacial score (nSPS) is 12.8. The molecular formula is C15H9NO4. The highest BCUT2D eigenvalue weighted by Crippen LogP contribution is 2.21. The zero-order valence-corrected chi connectivity index (χ0v) is 10.3. The van der Waals surface area contributed by atoms with Crippen molar-refractivity contribution in [3.8, 4) is 0 Å². The Morgan fingerprint density at radius 2 is 1.60 bits per heavy atom. The van der Waals surface area contributed by atoms with E-state index >= 15 is 0 Å². The second kappa shape index (κ2) is 4.62. The van der Waals surface area contributed by atoms with Crippen molar-refractivity contribution in [2.24, 2.45) is 0 Å². The quantitative estimate of drug-likeness (QED) is 0.669. The average molecular weight is 267 g/mol. The predicted octanol–water partition coefficient (Wildman–Crippen LogP) is 2.25. The van der Waals surface area contributed by atoms with Crippen LogP contribution < -0.4 is 5.32 Å². The van der Waals surface area contributed by atoms with Crippen LogP contribution in [0.15, 0.2) is 48.5 Å². The lowest BCUT2D eigenvalue weighted by Gasteiger charge is -2.05. The average Bonchev–Trinajstić information content (AvgIpc) is 2.75. The summed E-state index contributed by atoms with van der Waals surface area (Å²) in [6, 6.07) is 13.2. The molecule has 0 unspecified atom stereocenters. The summed E-state index contributed by atoms with van der Waals surface area (Å²) in [5.74, 6) is -1.76. The molecule has 1 aliphatic heterocycles. The molecule has 20 heavy (non-hydrogen) atoms. The zero-order chi connectivity index (χ0) is 14.1. The number of carbonyl (C=O) groups excluding carboxylic acids is 3. The number of nitrogens with one attached hydrogen (secondary N) is 1. The van der Waals surface area contributed by atoms with Crippen molar-refractivity contribution in [3.05, 3.63) is 65.2 Å². The van der Waals surface area contributed by atoms with E-state index in [4.69, 9.17) is 0 Å². The van der Waals surface area contributed by atoms with Crippen LogP contribution in [0.1, 0.15) is 31.1 Å². The fourth-order valence-corrected chi connectivity index (χ4v) is 1.95. The van der Waals surface area contributed by atoms with Crippen LogP contribution in [0.3, 0.4) is 0 Å². The molecule has 0 atom stereocenters. The Balaban J connectivity index is 1.89. The van der Waals surface area contributed by atoms with E-state index in [0.717, 1.165) is 0 Å². The number of anilines is 1. The van der Waals surface area contributed by atoms with Gasteiger partial charge in [-0.1, -0.05) is 18.2 Å². The molecule has 1 amide bonds. The lowest BCUT2D eigenvalue weighted by atomic mass is 10.1. The summed E-state index contributed by atoms with van der Waals surface area (Å²) in [7, 11) is 0. The molecule has 0 bridgehead atoms. The first-order chi connectivity index (χ1) is 9.65. The first-order valence-corrected chi connectivity index (χ1v) is 5.92. The van der Waals surface area contributed by atoms with Crippen LogP contribution >= 0.6 is 0 Å². The highest BCUT2D eigenvalue weighted by Gasteiger charge is 2.30. The minimum atomic E-state index is -0.723. The number of ether oxygens (including phenoxy) is 1. The van der Waals surface area contributed by atoms with Crippen LogP contribution in [-0.2, 0) is 4.74 Å². The number of para-hydroxylation sites is 1. The van der Waals surface area contributed by atoms with Crippen LogP contribution in [0.4, 0.5) is 5.69 Å². The van der Waals surface area contributed by atoms with Crippen molar-refractivity contribution in [1.82, 2.24) is 0 Å². The van der Waals surface area contributed by atoms with Crippen molar-refractivity contribution in [3.63, 3.8) is 0 Å². The molecule has 1 aliphatic rings. The van der Waals surface area contributed by atoms with Gasteiger partial charge in [0.2, 0.25) is 0 Å². The van der Waals surface area contributed by atoms with Crippen LogP contribution in [-0.4, -0.2) is 17.8 Å². The Morgan fingerprint density at radius 1 is 0.900 bits per heavy atom. The van der Waals surface area contributed by atoms with E-state index in [1.54, 1.807) is 24.3 Å². The summed E-state index contributed by atoms with van der Waals surface area (Å²) in [5, 5.41) is 2.70. The van der Waals surface area contributed by atoms with E-state index in [9.17, 15) is 14.4 Å². The van der Waals surface area contributed by atoms with Gasteiger partial charge in [0.15, 0.2) is 0 Å². The molecule has 0 saturated carbocycles. The molecule has 1 heterocycles. The SMILES string of the molecule is O=C(Nc1ccccc1)c1ccc2c(c1)C(=O)OC2=O. The van der Waals surface area contributed by atoms with Gasteiger partial charge in [-0.25, -0.2) is 9.59 Å². The molecule has 0 saturated heterocycles. The smallest absolute Gasteiger partial charge is 0.346 e. The molecule has 0 radical (unpaired) electrons. The van der Waals surface area contributed by atoms with Gasteiger partial charge in [-0.05, 0) is 30.3 Å². The van der Waals surface area contributed by atoms with E-state index in [1.165, 1.54) is 18.2 Å². The van der Waals surface area contributed by atoms with E-state index in [0.29, 0.717) is 11.3 Å². The van der Waals surface area contributed by atoms with Crippen molar-refractivity contribution >= 4 is 23.5 Å². The third-order valence-corrected chi connectivity index (χ3v) is 2.94. The van der Waals surface area contributed by atoms with Crippen LogP contribution in [0.2, 0.25) is 0 Å². The van der Waals surface area contributed by atoms with Crippen LogP contribution in [0.25, 0.3) is 0 Å². The lowest BCUT2D eigenvalue weighted by Crippen LogP contribution is -2.12. The van der Waals surface area contributed by atoms with Crippen LogP contribution in [0, 0.1) is 0 Å². The molecule has 0 spiro atoms. The Hall–Kier alpha value is -2.95. The fourth-order valence-electron chi connectivity index (χ4n) is 1.95. The maximum Gasteiger partial charge on any atom is 0.346 e. The van der Waals surface area contributed by atoms with Gasteiger partial charge in [0.1, 0.15) is 0 Å². The molecule has 5 heteroatoms. The molecule has 2 aromatic rings. The Labute approximate surface area is 114 Å². The Bertz CT molecular complexity index is 722. The van der Waals surface area contributed by atoms with Crippen LogP contribution in [0.5, 0.6) is 0 Å². The van der Waals surface area contributed by atoms with Gasteiger partial charge in [0.25, 0.3) is 5.91 Å². The van der Waals surface area contributed by atoms with E-state index in [2.05, 4.69) is 10.1 Å². The second-order valence-electron chi connectivity index (χ2n) is 4.26. The molecule has 0 aliphatic carbocycles. The monoisotopic (exact) mass is 267 g/mol. The van der Waals surface area contributed by atoms with Gasteiger partial charge in [-0.2, -0.15) is 0 Å². The highest BCUT2D eigenvalue weighted by molar-refractivity contribution is 6.16. The lowest BCUT2D eigenvalue weighted by molar-refractivity contribution is 0.0443. The highest BCUT2D eigenvalue weighted by atomic mass is 16.6. The van der Waals surface area contributed by atoms with E-state index in [1.807, 2.05) is 6.07 Å². The van der Waals surface area contributed by atoms with Gasteiger partial charge in [0, 0.05) is 11.3 Å². The van der Waals surface area contributed by atoms with E-state index in [-0.39, 0.29) is 17.0 Å². The summed E-state index contributed by atoms with van der Waals surface area (Å²) in [4.78, 5) is 34.8. The number of fused-ring (bicyclic) bond motifs is 1. The van der Waals surface area contributed by atoms with E-state index < -0.39 is 11.9 Å². The number of cyclic esters (lactones) is 2. The number of hydrogen-bond acceptors (Lipinski definition) is 4. The minimum absolute atomic E-state index is 0.121. The standard InChI is InChI=1S/C15H9NO4/c17-13(16-10-4-2-1-3-5-10)9-6-7-11-12(8-9)15(19)20-14(11)18/h1-8H,(H,16,17). The number of amides is 1. The number of benzene rings is 2. The summed E-state index contributed by atoms with van der Waals surface area (Å²) < 4.78 is 4.48. The number of rotatable bonds is 2. The maximum absolute atomic E-state index is 12.1. The summed E-state index contributed by atoms with van der Waals surface area (Å²) in [6.07, 6.45) is 0. The molecule has 3 rings (SSSR count). The van der Waals surface area contributed by atoms with Gasteiger partial charge in [-0.3, -0.25) is 4.79 Å². The van der Waals surface area contributed by atoms with Crippen molar-refractivity contribution in [1.29, 1.82) is 0 Å². The summed E-state index contributed by atoms with van der Waals surface area (Å²) >= 11 is 0. The third kappa shape index (κ3) is 2.05. The number of carbonyl (C=O) groups is 3. The Kier molecular flexibility index (Phi) is 2.80. The molecule has 2 aromatic carbocycles. The van der Waals surface area contributed by atoms with Crippen molar-refractivity contribution < 1.29 is 19.1 Å². The minimum Gasteiger partial charge on any atom is -0.386 e. The van der Waals surface area contributed by atoms with Gasteiger partial charge >= 0.3 is 11.9 Å². The third-order valence-electron chi connectivity index (χ3n) is 2.94. The zero-order valence-electron chi connectivity index (χ0n) is 10.3.